The molecule has 1 aromatic rings. The first-order chi connectivity index (χ1) is 8.67. The van der Waals surface area contributed by atoms with Gasteiger partial charge in [-0.15, -0.1) is 0 Å². The summed E-state index contributed by atoms with van der Waals surface area (Å²) in [6.45, 7) is 1.24. The second kappa shape index (κ2) is 5.59. The standard InChI is InChI=1S/C13H17ClN2O2/c1-18-12-5-4-9(14)7-11(12)13(17)16-6-2-3-10(16)8-15/h4-5,7,10H,2-3,6,8,15H2,1H3. The zero-order valence-electron chi connectivity index (χ0n) is 10.4. The maximum absolute atomic E-state index is 12.5. The number of methoxy groups -OCH3 is 1. The van der Waals surface area contributed by atoms with E-state index in [4.69, 9.17) is 22.1 Å². The van der Waals surface area contributed by atoms with E-state index < -0.39 is 0 Å². The number of nitrogens with two attached hydrogens (primary N) is 1. The Morgan fingerprint density at radius 1 is 1.61 bits per heavy atom. The minimum absolute atomic E-state index is 0.0534. The van der Waals surface area contributed by atoms with Gasteiger partial charge in [0.05, 0.1) is 12.7 Å². The van der Waals surface area contributed by atoms with Crippen molar-refractivity contribution in [3.8, 4) is 5.75 Å². The molecule has 0 aromatic heterocycles. The monoisotopic (exact) mass is 268 g/mol. The fourth-order valence-corrected chi connectivity index (χ4v) is 2.52. The molecule has 0 bridgehead atoms. The van der Waals surface area contributed by atoms with Crippen molar-refractivity contribution in [2.75, 3.05) is 20.2 Å². The topological polar surface area (TPSA) is 55.6 Å². The van der Waals surface area contributed by atoms with E-state index in [9.17, 15) is 4.79 Å². The molecule has 18 heavy (non-hydrogen) atoms. The van der Waals surface area contributed by atoms with Gasteiger partial charge in [-0.2, -0.15) is 0 Å². The van der Waals surface area contributed by atoms with Crippen LogP contribution in [0.2, 0.25) is 5.02 Å². The first-order valence-corrected chi connectivity index (χ1v) is 6.39. The number of hydrogen-bond donors (Lipinski definition) is 1. The lowest BCUT2D eigenvalue weighted by Gasteiger charge is -2.24. The Labute approximate surface area is 112 Å². The third kappa shape index (κ3) is 2.44. The molecule has 1 unspecified atom stereocenters. The fraction of sp³-hybridized carbons (Fsp3) is 0.462. The summed E-state index contributed by atoms with van der Waals surface area (Å²) in [6.07, 6.45) is 1.96. The van der Waals surface area contributed by atoms with Crippen LogP contribution in [0.4, 0.5) is 0 Å². The van der Waals surface area contributed by atoms with Crippen LogP contribution >= 0.6 is 11.6 Å². The number of carbonyl (C=O) groups is 1. The number of rotatable bonds is 3. The largest absolute Gasteiger partial charge is 0.496 e. The molecular weight excluding hydrogens is 252 g/mol. The Hall–Kier alpha value is -1.26. The predicted octanol–water partition coefficient (Wildman–Crippen LogP) is 1.91. The van der Waals surface area contributed by atoms with Gasteiger partial charge >= 0.3 is 0 Å². The van der Waals surface area contributed by atoms with Crippen LogP contribution in [0, 0.1) is 0 Å². The van der Waals surface area contributed by atoms with E-state index in [0.29, 0.717) is 22.9 Å². The second-order valence-electron chi connectivity index (χ2n) is 4.37. The van der Waals surface area contributed by atoms with Crippen LogP contribution in [0.25, 0.3) is 0 Å². The summed E-state index contributed by atoms with van der Waals surface area (Å²) >= 11 is 5.94. The van der Waals surface area contributed by atoms with Crippen molar-refractivity contribution < 1.29 is 9.53 Å². The van der Waals surface area contributed by atoms with Crippen molar-refractivity contribution in [1.82, 2.24) is 4.90 Å². The molecule has 5 heteroatoms. The highest BCUT2D eigenvalue weighted by atomic mass is 35.5. The number of likely N-dealkylation sites (tertiary alicyclic amines) is 1. The highest BCUT2D eigenvalue weighted by Crippen LogP contribution is 2.27. The van der Waals surface area contributed by atoms with E-state index >= 15 is 0 Å². The lowest BCUT2D eigenvalue weighted by Crippen LogP contribution is -2.40. The Morgan fingerprint density at radius 3 is 3.06 bits per heavy atom. The van der Waals surface area contributed by atoms with Crippen LogP contribution in [0.5, 0.6) is 5.75 Å². The Kier molecular flexibility index (Phi) is 4.09. The summed E-state index contributed by atoms with van der Waals surface area (Å²) in [4.78, 5) is 14.3. The molecule has 1 fully saturated rings. The van der Waals surface area contributed by atoms with E-state index in [1.165, 1.54) is 0 Å². The van der Waals surface area contributed by atoms with Gasteiger partial charge in [-0.25, -0.2) is 0 Å². The zero-order chi connectivity index (χ0) is 13.1. The summed E-state index contributed by atoms with van der Waals surface area (Å²) in [7, 11) is 1.55. The van der Waals surface area contributed by atoms with Gasteiger partial charge in [0.25, 0.3) is 5.91 Å². The molecule has 1 amide bonds. The molecule has 98 valence electrons. The molecule has 1 aliphatic rings. The third-order valence-electron chi connectivity index (χ3n) is 3.30. The predicted molar refractivity (Wildman–Crippen MR) is 71.1 cm³/mol. The van der Waals surface area contributed by atoms with Crippen molar-refractivity contribution in [3.05, 3.63) is 28.8 Å². The van der Waals surface area contributed by atoms with Gasteiger partial charge in [0.15, 0.2) is 0 Å². The number of nitrogens with zero attached hydrogens (tertiary/aromatic N) is 1. The SMILES string of the molecule is COc1ccc(Cl)cc1C(=O)N1CCCC1CN. The fourth-order valence-electron chi connectivity index (χ4n) is 2.35. The summed E-state index contributed by atoms with van der Waals surface area (Å²) in [5.74, 6) is 0.495. The van der Waals surface area contributed by atoms with Gasteiger partial charge in [0.1, 0.15) is 5.75 Å². The Balaban J connectivity index is 2.30. The summed E-state index contributed by atoms with van der Waals surface area (Å²) in [5, 5.41) is 0.530. The first-order valence-electron chi connectivity index (χ1n) is 6.02. The minimum Gasteiger partial charge on any atom is -0.496 e. The highest BCUT2D eigenvalue weighted by Gasteiger charge is 2.29. The number of amides is 1. The quantitative estimate of drug-likeness (QED) is 0.911. The van der Waals surface area contributed by atoms with Crippen LogP contribution in [0.1, 0.15) is 23.2 Å². The summed E-state index contributed by atoms with van der Waals surface area (Å²) in [5.41, 5.74) is 6.19. The molecule has 1 heterocycles. The van der Waals surface area contributed by atoms with E-state index in [2.05, 4.69) is 0 Å². The van der Waals surface area contributed by atoms with E-state index in [1.807, 2.05) is 4.90 Å². The van der Waals surface area contributed by atoms with Crippen molar-refractivity contribution >= 4 is 17.5 Å². The lowest BCUT2D eigenvalue weighted by atomic mass is 10.1. The maximum atomic E-state index is 12.5. The molecule has 1 aliphatic heterocycles. The zero-order valence-corrected chi connectivity index (χ0v) is 11.1. The van der Waals surface area contributed by atoms with Crippen LogP contribution < -0.4 is 10.5 Å². The summed E-state index contributed by atoms with van der Waals surface area (Å²) < 4.78 is 5.21. The molecule has 1 saturated heterocycles. The van der Waals surface area contributed by atoms with E-state index in [0.717, 1.165) is 19.4 Å². The Bertz CT molecular complexity index is 451. The van der Waals surface area contributed by atoms with Crippen molar-refractivity contribution in [1.29, 1.82) is 0 Å². The molecule has 2 N–H and O–H groups in total. The maximum Gasteiger partial charge on any atom is 0.257 e. The second-order valence-corrected chi connectivity index (χ2v) is 4.81. The average Bonchev–Trinajstić information content (AvgIpc) is 2.86. The minimum atomic E-state index is -0.0534. The van der Waals surface area contributed by atoms with Crippen molar-refractivity contribution in [2.45, 2.75) is 18.9 Å². The van der Waals surface area contributed by atoms with Crippen LogP contribution in [0.3, 0.4) is 0 Å². The normalized spacial score (nSPS) is 19.1. The average molecular weight is 269 g/mol. The summed E-state index contributed by atoms with van der Waals surface area (Å²) in [6, 6.07) is 5.19. The van der Waals surface area contributed by atoms with Gasteiger partial charge in [0.2, 0.25) is 0 Å². The molecule has 4 nitrogen and oxygen atoms in total. The molecule has 0 spiro atoms. The number of benzene rings is 1. The van der Waals surface area contributed by atoms with Crippen molar-refractivity contribution in [3.63, 3.8) is 0 Å². The molecule has 2 rings (SSSR count). The lowest BCUT2D eigenvalue weighted by molar-refractivity contribution is 0.0738. The molecule has 0 aliphatic carbocycles. The van der Waals surface area contributed by atoms with Crippen LogP contribution in [-0.2, 0) is 0 Å². The third-order valence-corrected chi connectivity index (χ3v) is 3.54. The van der Waals surface area contributed by atoms with Gasteiger partial charge in [-0.05, 0) is 31.0 Å². The molecule has 1 atom stereocenters. The van der Waals surface area contributed by atoms with E-state index in [-0.39, 0.29) is 11.9 Å². The number of halogens is 1. The number of ether oxygens (including phenoxy) is 1. The molecular formula is C13H17ClN2O2. The number of hydrogen-bond acceptors (Lipinski definition) is 3. The first kappa shape index (κ1) is 13.2. The smallest absolute Gasteiger partial charge is 0.257 e. The van der Waals surface area contributed by atoms with Crippen molar-refractivity contribution in [2.24, 2.45) is 5.73 Å². The van der Waals surface area contributed by atoms with Gasteiger partial charge in [-0.1, -0.05) is 11.6 Å². The molecule has 0 saturated carbocycles. The Morgan fingerprint density at radius 2 is 2.39 bits per heavy atom. The van der Waals surface area contributed by atoms with Gasteiger partial charge < -0.3 is 15.4 Å². The molecule has 1 aromatic carbocycles. The van der Waals surface area contributed by atoms with E-state index in [1.54, 1.807) is 25.3 Å². The van der Waals surface area contributed by atoms with Crippen LogP contribution in [0.15, 0.2) is 18.2 Å². The number of carbonyl (C=O) groups excluding carboxylic acids is 1. The van der Waals surface area contributed by atoms with Gasteiger partial charge in [0, 0.05) is 24.2 Å². The van der Waals surface area contributed by atoms with Gasteiger partial charge in [-0.3, -0.25) is 4.79 Å². The highest BCUT2D eigenvalue weighted by molar-refractivity contribution is 6.31. The van der Waals surface area contributed by atoms with Crippen LogP contribution in [-0.4, -0.2) is 37.0 Å². The molecule has 0 radical (unpaired) electrons.